The molecule has 0 aliphatic carbocycles. The van der Waals surface area contributed by atoms with E-state index in [1.54, 1.807) is 0 Å². The Morgan fingerprint density at radius 2 is 0.873 bits per heavy atom. The highest BCUT2D eigenvalue weighted by atomic mass is 16.3. The van der Waals surface area contributed by atoms with Gasteiger partial charge in [-0.3, -0.25) is 4.57 Å². The summed E-state index contributed by atoms with van der Waals surface area (Å²) in [6.07, 6.45) is 0. The summed E-state index contributed by atoms with van der Waals surface area (Å²) in [5.74, 6) is 1.71. The molecule has 0 aliphatic heterocycles. The molecule has 4 heterocycles. The van der Waals surface area contributed by atoms with Gasteiger partial charge in [-0.15, -0.1) is 0 Å². The number of rotatable bonds is 6. The molecule has 0 radical (unpaired) electrons. The van der Waals surface area contributed by atoms with Gasteiger partial charge in [0.2, 0.25) is 5.95 Å². The van der Waals surface area contributed by atoms with E-state index in [2.05, 4.69) is 173 Å². The fraction of sp³-hybridized carbons (Fsp3) is 0. The van der Waals surface area contributed by atoms with Gasteiger partial charge in [0.25, 0.3) is 0 Å². The van der Waals surface area contributed by atoms with Crippen LogP contribution >= 0.6 is 0 Å². The lowest BCUT2D eigenvalue weighted by molar-refractivity contribution is 0.669. The van der Waals surface area contributed by atoms with Crippen LogP contribution in [0.1, 0.15) is 0 Å². The van der Waals surface area contributed by atoms with E-state index in [0.29, 0.717) is 17.6 Å². The van der Waals surface area contributed by atoms with E-state index >= 15 is 0 Å². The summed E-state index contributed by atoms with van der Waals surface area (Å²) < 4.78 is 11.0. The highest BCUT2D eigenvalue weighted by Crippen LogP contribution is 2.43. The van der Waals surface area contributed by atoms with Crippen molar-refractivity contribution in [1.29, 1.82) is 0 Å². The number of furan rings is 1. The van der Waals surface area contributed by atoms with Gasteiger partial charge in [0.1, 0.15) is 11.2 Å². The second kappa shape index (κ2) is 14.0. The molecule has 0 saturated heterocycles. The van der Waals surface area contributed by atoms with E-state index in [1.807, 2.05) is 48.5 Å². The molecule has 0 aliphatic rings. The van der Waals surface area contributed by atoms with Gasteiger partial charge in [-0.25, -0.2) is 4.98 Å². The summed E-state index contributed by atoms with van der Waals surface area (Å²) in [7, 11) is 0. The van der Waals surface area contributed by atoms with Crippen molar-refractivity contribution in [3.8, 4) is 56.7 Å². The average molecular weight is 806 g/mol. The Kier molecular flexibility index (Phi) is 7.80. The number of aromatic nitrogens is 5. The Labute approximate surface area is 361 Å². The molecule has 0 saturated carbocycles. The van der Waals surface area contributed by atoms with Gasteiger partial charge < -0.3 is 8.98 Å². The first-order chi connectivity index (χ1) is 31.2. The van der Waals surface area contributed by atoms with Crippen molar-refractivity contribution in [2.45, 2.75) is 0 Å². The summed E-state index contributed by atoms with van der Waals surface area (Å²) in [6, 6.07) is 74.6. The third-order valence-electron chi connectivity index (χ3n) is 12.4. The van der Waals surface area contributed by atoms with E-state index < -0.39 is 0 Å². The van der Waals surface area contributed by atoms with Crippen molar-refractivity contribution in [1.82, 2.24) is 24.1 Å². The molecule has 4 aromatic heterocycles. The molecule has 63 heavy (non-hydrogen) atoms. The first-order valence-electron chi connectivity index (χ1n) is 21.2. The Morgan fingerprint density at radius 1 is 0.317 bits per heavy atom. The highest BCUT2D eigenvalue weighted by Gasteiger charge is 2.23. The molecule has 6 heteroatoms. The average Bonchev–Trinajstić information content (AvgIpc) is 4.01. The largest absolute Gasteiger partial charge is 0.456 e. The molecule has 0 N–H and O–H groups in total. The lowest BCUT2D eigenvalue weighted by Gasteiger charge is -2.16. The normalized spacial score (nSPS) is 11.8. The van der Waals surface area contributed by atoms with E-state index in [0.717, 1.165) is 93.5 Å². The number of nitrogens with zero attached hydrogens (tertiary/aromatic N) is 5. The van der Waals surface area contributed by atoms with Gasteiger partial charge in [-0.05, 0) is 65.2 Å². The molecule has 6 nitrogen and oxygen atoms in total. The van der Waals surface area contributed by atoms with Crippen LogP contribution in [0.25, 0.3) is 122 Å². The summed E-state index contributed by atoms with van der Waals surface area (Å²) >= 11 is 0. The van der Waals surface area contributed by atoms with Gasteiger partial charge in [0.05, 0.1) is 27.8 Å². The summed E-state index contributed by atoms with van der Waals surface area (Å²) in [5.41, 5.74) is 13.5. The Morgan fingerprint density at radius 3 is 1.59 bits per heavy atom. The SMILES string of the molecule is c1ccc(-c2ccc(-n3c4ccccc4c4cc5c(cc43)c3ccccc3n5-c3nc(-c4ccccc4)nc(-c4cccc5oc6ccccc6c45)n3)c(-c3ccccc3)c2)cc1. The summed E-state index contributed by atoms with van der Waals surface area (Å²) in [4.78, 5) is 15.8. The van der Waals surface area contributed by atoms with E-state index in [4.69, 9.17) is 19.4 Å². The number of hydrogen-bond donors (Lipinski definition) is 0. The maximum absolute atomic E-state index is 6.34. The Hall–Kier alpha value is -8.61. The van der Waals surface area contributed by atoms with E-state index in [-0.39, 0.29) is 0 Å². The fourth-order valence-corrected chi connectivity index (χ4v) is 9.56. The first-order valence-corrected chi connectivity index (χ1v) is 21.2. The van der Waals surface area contributed by atoms with Crippen molar-refractivity contribution in [3.05, 3.63) is 212 Å². The second-order valence-electron chi connectivity index (χ2n) is 16.0. The van der Waals surface area contributed by atoms with Crippen LogP contribution in [-0.4, -0.2) is 24.1 Å². The lowest BCUT2D eigenvalue weighted by atomic mass is 9.97. The van der Waals surface area contributed by atoms with Crippen LogP contribution in [0.3, 0.4) is 0 Å². The van der Waals surface area contributed by atoms with Crippen LogP contribution in [0.15, 0.2) is 217 Å². The predicted molar refractivity (Wildman–Crippen MR) is 258 cm³/mol. The van der Waals surface area contributed by atoms with Crippen molar-refractivity contribution < 1.29 is 4.42 Å². The van der Waals surface area contributed by atoms with E-state index in [9.17, 15) is 0 Å². The van der Waals surface area contributed by atoms with Crippen molar-refractivity contribution in [2.24, 2.45) is 0 Å². The van der Waals surface area contributed by atoms with Gasteiger partial charge in [-0.1, -0.05) is 164 Å². The minimum Gasteiger partial charge on any atom is -0.456 e. The standard InChI is InChI=1S/C57H35N5O/c1-4-17-36(18-5-1)39-31-32-49(44(33-39)37-19-6-2-7-20-37)61-47-27-13-10-23-40(47)45-35-51-46(34-50(45)61)41-24-11-14-28-48(41)62(51)57-59-55(38-21-8-3-9-22-38)58-56(60-57)43-26-16-30-53-54(43)42-25-12-15-29-52(42)63-53/h1-35H. The second-order valence-corrected chi connectivity index (χ2v) is 16.0. The molecule has 0 bridgehead atoms. The summed E-state index contributed by atoms with van der Waals surface area (Å²) in [6.45, 7) is 0. The minimum atomic E-state index is 0.542. The van der Waals surface area contributed by atoms with Crippen LogP contribution in [0.2, 0.25) is 0 Å². The molecule has 13 aromatic rings. The zero-order valence-corrected chi connectivity index (χ0v) is 33.9. The summed E-state index contributed by atoms with van der Waals surface area (Å²) in [5, 5.41) is 6.52. The van der Waals surface area contributed by atoms with Crippen molar-refractivity contribution >= 4 is 65.6 Å². The molecule has 0 spiro atoms. The van der Waals surface area contributed by atoms with Gasteiger partial charge >= 0.3 is 0 Å². The zero-order valence-electron chi connectivity index (χ0n) is 33.9. The maximum atomic E-state index is 6.34. The Bertz CT molecular complexity index is 3900. The first kappa shape index (κ1) is 35.2. The molecule has 294 valence electrons. The van der Waals surface area contributed by atoms with Crippen LogP contribution in [0.4, 0.5) is 0 Å². The minimum absolute atomic E-state index is 0.542. The van der Waals surface area contributed by atoms with Crippen molar-refractivity contribution in [3.63, 3.8) is 0 Å². The molecule has 9 aromatic carbocycles. The van der Waals surface area contributed by atoms with Gasteiger partial charge in [-0.2, -0.15) is 9.97 Å². The molecule has 0 amide bonds. The predicted octanol–water partition coefficient (Wildman–Crippen LogP) is 14.6. The molecule has 13 rings (SSSR count). The third kappa shape index (κ3) is 5.55. The van der Waals surface area contributed by atoms with Crippen LogP contribution in [-0.2, 0) is 0 Å². The molecule has 0 fully saturated rings. The number of benzene rings is 9. The molecule has 0 unspecified atom stereocenters. The zero-order chi connectivity index (χ0) is 41.4. The number of hydrogen-bond acceptors (Lipinski definition) is 4. The highest BCUT2D eigenvalue weighted by molar-refractivity contribution is 6.19. The maximum Gasteiger partial charge on any atom is 0.238 e. The fourth-order valence-electron chi connectivity index (χ4n) is 9.56. The third-order valence-corrected chi connectivity index (χ3v) is 12.4. The topological polar surface area (TPSA) is 61.7 Å². The Balaban J connectivity index is 1.10. The molecular weight excluding hydrogens is 771 g/mol. The lowest BCUT2D eigenvalue weighted by Crippen LogP contribution is -2.06. The smallest absolute Gasteiger partial charge is 0.238 e. The van der Waals surface area contributed by atoms with Crippen LogP contribution in [0, 0.1) is 0 Å². The van der Waals surface area contributed by atoms with Gasteiger partial charge in [0, 0.05) is 49.0 Å². The quantitative estimate of drug-likeness (QED) is 0.168. The monoisotopic (exact) mass is 805 g/mol. The van der Waals surface area contributed by atoms with Gasteiger partial charge in [0.15, 0.2) is 11.6 Å². The number of fused-ring (bicyclic) bond motifs is 9. The van der Waals surface area contributed by atoms with E-state index in [1.165, 1.54) is 11.1 Å². The molecular formula is C57H35N5O. The van der Waals surface area contributed by atoms with Crippen LogP contribution in [0.5, 0.6) is 0 Å². The van der Waals surface area contributed by atoms with Crippen LogP contribution < -0.4 is 0 Å². The number of para-hydroxylation sites is 3. The van der Waals surface area contributed by atoms with Crippen molar-refractivity contribution in [2.75, 3.05) is 0 Å². The molecule has 0 atom stereocenters.